The minimum Gasteiger partial charge on any atom is -0.469 e. The van der Waals surface area contributed by atoms with Crippen LogP contribution in [0, 0.1) is 5.41 Å². The Morgan fingerprint density at radius 3 is 2.83 bits per heavy atom. The van der Waals surface area contributed by atoms with Gasteiger partial charge >= 0.3 is 0 Å². The highest BCUT2D eigenvalue weighted by Gasteiger charge is 2.41. The van der Waals surface area contributed by atoms with Gasteiger partial charge in [0.2, 0.25) is 0 Å². The summed E-state index contributed by atoms with van der Waals surface area (Å²) < 4.78 is 5.41. The molecule has 1 spiro atoms. The predicted molar refractivity (Wildman–Crippen MR) is 110 cm³/mol. The lowest BCUT2D eigenvalue weighted by Gasteiger charge is -2.26. The number of guanidine groups is 1. The Kier molecular flexibility index (Phi) is 7.19. The van der Waals surface area contributed by atoms with Crippen LogP contribution in [0.1, 0.15) is 44.8 Å². The molecule has 1 saturated carbocycles. The largest absolute Gasteiger partial charge is 0.469 e. The second-order valence-electron chi connectivity index (χ2n) is 7.23. The van der Waals surface area contributed by atoms with Crippen molar-refractivity contribution in [2.45, 2.75) is 45.4 Å². The Balaban J connectivity index is 0.00000208. The summed E-state index contributed by atoms with van der Waals surface area (Å²) in [6.45, 7) is 9.86. The molecule has 24 heavy (non-hydrogen) atoms. The molecule has 0 aromatic carbocycles. The van der Waals surface area contributed by atoms with Crippen molar-refractivity contribution in [1.82, 2.24) is 10.2 Å². The van der Waals surface area contributed by atoms with Gasteiger partial charge in [-0.1, -0.05) is 25.0 Å². The summed E-state index contributed by atoms with van der Waals surface area (Å²) in [5.74, 6) is 2.06. The fourth-order valence-corrected chi connectivity index (χ4v) is 3.88. The molecular weight excluding hydrogens is 413 g/mol. The van der Waals surface area contributed by atoms with Gasteiger partial charge in [0.05, 0.1) is 12.8 Å². The fraction of sp³-hybridized carbons (Fsp3) is 0.632. The average molecular weight is 443 g/mol. The van der Waals surface area contributed by atoms with Crippen LogP contribution in [0.3, 0.4) is 0 Å². The first-order valence-corrected chi connectivity index (χ1v) is 8.87. The van der Waals surface area contributed by atoms with Gasteiger partial charge in [-0.25, -0.2) is 4.99 Å². The zero-order chi connectivity index (χ0) is 16.1. The van der Waals surface area contributed by atoms with Crippen molar-refractivity contribution in [3.63, 3.8) is 0 Å². The number of nitrogens with zero attached hydrogens (tertiary/aromatic N) is 2. The highest BCUT2D eigenvalue weighted by Crippen LogP contribution is 2.45. The fourth-order valence-electron chi connectivity index (χ4n) is 3.88. The van der Waals surface area contributed by atoms with Gasteiger partial charge in [0.15, 0.2) is 5.96 Å². The third kappa shape index (κ3) is 5.01. The third-order valence-corrected chi connectivity index (χ3v) is 5.14. The highest BCUT2D eigenvalue weighted by atomic mass is 127. The number of rotatable bonds is 5. The van der Waals surface area contributed by atoms with Crippen molar-refractivity contribution in [2.24, 2.45) is 10.4 Å². The Morgan fingerprint density at radius 2 is 2.17 bits per heavy atom. The van der Waals surface area contributed by atoms with Crippen LogP contribution in [-0.4, -0.2) is 37.0 Å². The highest BCUT2D eigenvalue weighted by molar-refractivity contribution is 14.0. The summed E-state index contributed by atoms with van der Waals surface area (Å²) in [5.41, 5.74) is 1.66. The van der Waals surface area contributed by atoms with Crippen molar-refractivity contribution in [2.75, 3.05) is 26.2 Å². The summed E-state index contributed by atoms with van der Waals surface area (Å²) in [4.78, 5) is 7.23. The zero-order valence-corrected chi connectivity index (χ0v) is 17.1. The number of likely N-dealkylation sites (tertiary alicyclic amines) is 1. The van der Waals surface area contributed by atoms with Crippen LogP contribution < -0.4 is 5.32 Å². The second kappa shape index (κ2) is 8.92. The van der Waals surface area contributed by atoms with Crippen LogP contribution in [0.2, 0.25) is 0 Å². The average Bonchev–Trinajstić information content (AvgIpc) is 3.26. The Bertz CT molecular complexity index is 547. The molecule has 134 valence electrons. The Morgan fingerprint density at radius 1 is 1.38 bits per heavy atom. The molecule has 5 heteroatoms. The Hall–Kier alpha value is -0.980. The minimum absolute atomic E-state index is 0. The molecule has 4 nitrogen and oxygen atoms in total. The number of halogens is 1. The number of furan rings is 1. The maximum atomic E-state index is 5.41. The van der Waals surface area contributed by atoms with Gasteiger partial charge in [-0.3, -0.25) is 0 Å². The molecule has 2 heterocycles. The normalized spacial score (nSPS) is 19.5. The molecule has 0 atom stereocenters. The molecule has 1 N–H and O–H groups in total. The molecule has 0 bridgehead atoms. The van der Waals surface area contributed by atoms with Crippen LogP contribution in [0.5, 0.6) is 0 Å². The quantitative estimate of drug-likeness (QED) is 0.321. The molecule has 0 radical (unpaired) electrons. The first-order chi connectivity index (χ1) is 11.2. The van der Waals surface area contributed by atoms with Crippen LogP contribution in [0.25, 0.3) is 0 Å². The Labute approximate surface area is 162 Å². The lowest BCUT2D eigenvalue weighted by molar-refractivity contribution is 0.309. The molecule has 0 unspecified atom stereocenters. The topological polar surface area (TPSA) is 40.8 Å². The van der Waals surface area contributed by atoms with Crippen molar-refractivity contribution < 1.29 is 4.42 Å². The molecule has 2 fully saturated rings. The van der Waals surface area contributed by atoms with Gasteiger partial charge in [0.25, 0.3) is 0 Å². The number of aliphatic imine (C=N–C) groups is 1. The van der Waals surface area contributed by atoms with E-state index in [1.807, 2.05) is 19.1 Å². The lowest BCUT2D eigenvalue weighted by atomic mass is 9.86. The number of hydrogen-bond donors (Lipinski definition) is 1. The third-order valence-electron chi connectivity index (χ3n) is 5.14. The van der Waals surface area contributed by atoms with E-state index in [0.717, 1.165) is 43.3 Å². The van der Waals surface area contributed by atoms with E-state index < -0.39 is 0 Å². The molecule has 1 aromatic heterocycles. The minimum atomic E-state index is 0. The lowest BCUT2D eigenvalue weighted by Crippen LogP contribution is -2.42. The summed E-state index contributed by atoms with van der Waals surface area (Å²) in [6.07, 6.45) is 9.52. The van der Waals surface area contributed by atoms with Crippen LogP contribution in [-0.2, 0) is 6.42 Å². The van der Waals surface area contributed by atoms with Gasteiger partial charge in [-0.05, 0) is 43.7 Å². The molecular formula is C19H30IN3O. The van der Waals surface area contributed by atoms with E-state index in [1.54, 1.807) is 6.26 Å². The van der Waals surface area contributed by atoms with Crippen molar-refractivity contribution in [3.05, 3.63) is 36.3 Å². The van der Waals surface area contributed by atoms with Gasteiger partial charge in [-0.15, -0.1) is 24.0 Å². The van der Waals surface area contributed by atoms with E-state index in [2.05, 4.69) is 16.8 Å². The molecule has 2 aliphatic rings. The SMILES string of the molecule is C=C(C)CN=C(NCCc1ccco1)N1CCC2(CCCC2)C1.I. The summed E-state index contributed by atoms with van der Waals surface area (Å²) in [7, 11) is 0. The van der Waals surface area contributed by atoms with Gasteiger partial charge in [0.1, 0.15) is 5.76 Å². The number of hydrogen-bond acceptors (Lipinski definition) is 2. The summed E-state index contributed by atoms with van der Waals surface area (Å²) in [5, 5.41) is 3.54. The van der Waals surface area contributed by atoms with E-state index in [4.69, 9.17) is 9.41 Å². The molecule has 1 saturated heterocycles. The van der Waals surface area contributed by atoms with Gasteiger partial charge < -0.3 is 14.6 Å². The molecule has 1 aliphatic carbocycles. The van der Waals surface area contributed by atoms with E-state index in [1.165, 1.54) is 32.1 Å². The molecule has 1 aromatic rings. The zero-order valence-electron chi connectivity index (χ0n) is 14.7. The number of nitrogens with one attached hydrogen (secondary N) is 1. The van der Waals surface area contributed by atoms with E-state index in [-0.39, 0.29) is 24.0 Å². The van der Waals surface area contributed by atoms with Crippen molar-refractivity contribution in [1.29, 1.82) is 0 Å². The summed E-state index contributed by atoms with van der Waals surface area (Å²) >= 11 is 0. The predicted octanol–water partition coefficient (Wildman–Crippen LogP) is 4.23. The van der Waals surface area contributed by atoms with Crippen LogP contribution in [0.15, 0.2) is 40.0 Å². The molecule has 1 aliphatic heterocycles. The van der Waals surface area contributed by atoms with E-state index in [9.17, 15) is 0 Å². The maximum Gasteiger partial charge on any atom is 0.194 e. The second-order valence-corrected chi connectivity index (χ2v) is 7.23. The van der Waals surface area contributed by atoms with E-state index >= 15 is 0 Å². The first-order valence-electron chi connectivity index (χ1n) is 8.87. The first kappa shape index (κ1) is 19.3. The van der Waals surface area contributed by atoms with Crippen molar-refractivity contribution >= 4 is 29.9 Å². The van der Waals surface area contributed by atoms with E-state index in [0.29, 0.717) is 12.0 Å². The maximum absolute atomic E-state index is 5.41. The summed E-state index contributed by atoms with van der Waals surface area (Å²) in [6, 6.07) is 3.96. The smallest absolute Gasteiger partial charge is 0.194 e. The van der Waals surface area contributed by atoms with Gasteiger partial charge in [0, 0.05) is 26.1 Å². The molecule has 3 rings (SSSR count). The molecule has 0 amide bonds. The van der Waals surface area contributed by atoms with Gasteiger partial charge in [-0.2, -0.15) is 0 Å². The van der Waals surface area contributed by atoms with Crippen LogP contribution >= 0.6 is 24.0 Å². The monoisotopic (exact) mass is 443 g/mol. The van der Waals surface area contributed by atoms with Crippen LogP contribution in [0.4, 0.5) is 0 Å². The van der Waals surface area contributed by atoms with Crippen molar-refractivity contribution in [3.8, 4) is 0 Å². The standard InChI is InChI=1S/C19H29N3O.HI/c1-16(2)14-21-18(20-11-7-17-6-5-13-23-17)22-12-10-19(15-22)8-3-4-9-19;/h5-6,13H,1,3-4,7-12,14-15H2,2H3,(H,20,21);1H.